The standard InChI is InChI=1S/C50H76O6/c1-47-23-7-9-40(47)38-19-15-34-13-17-36(55-44-11-3-5-27-53-44)31-49(34,42(38)21-25-47)29-33(46(51)52)30-50-32-37(56-45-12-4-6-28-54-45)18-14-35(50)16-20-39-41-10-8-24-48(41,2)26-22-43(39)50/h13-14,33,36-45H,3-12,15-32H2,1-2H3,(H,51,52)/t33?,36?,37?,38?,39?,40?,41?,42?,43?,44?,45?,47-,48-,49-,50-/m0/s1. The minimum atomic E-state index is -0.544. The van der Waals surface area contributed by atoms with Gasteiger partial charge in [0, 0.05) is 13.2 Å². The summed E-state index contributed by atoms with van der Waals surface area (Å²) in [6, 6.07) is 0. The van der Waals surface area contributed by atoms with E-state index in [-0.39, 0.29) is 41.5 Å². The molecule has 10 rings (SSSR count). The molecule has 6 nitrogen and oxygen atoms in total. The minimum absolute atomic E-state index is 0.0981. The molecule has 14 atom stereocenters. The lowest BCUT2D eigenvalue weighted by Gasteiger charge is -2.61. The van der Waals surface area contributed by atoms with Crippen LogP contribution < -0.4 is 0 Å². The molecule has 0 amide bonds. The number of carboxylic acids is 1. The first kappa shape index (κ1) is 39.0. The first-order valence-electron chi connectivity index (χ1n) is 24.3. The summed E-state index contributed by atoms with van der Waals surface area (Å²) in [5.41, 5.74) is 3.98. The highest BCUT2D eigenvalue weighted by Gasteiger charge is 2.62. The molecule has 8 aliphatic carbocycles. The Labute approximate surface area is 339 Å². The van der Waals surface area contributed by atoms with Gasteiger partial charge in [-0.15, -0.1) is 0 Å². The van der Waals surface area contributed by atoms with Gasteiger partial charge < -0.3 is 24.1 Å². The van der Waals surface area contributed by atoms with Crippen molar-refractivity contribution >= 4 is 5.97 Å². The van der Waals surface area contributed by atoms with Gasteiger partial charge in [0.15, 0.2) is 12.6 Å². The van der Waals surface area contributed by atoms with Crippen molar-refractivity contribution in [2.75, 3.05) is 13.2 Å². The zero-order valence-corrected chi connectivity index (χ0v) is 35.3. The Balaban J connectivity index is 1.01. The highest BCUT2D eigenvalue weighted by molar-refractivity contribution is 5.70. The van der Waals surface area contributed by atoms with Crippen molar-refractivity contribution in [1.82, 2.24) is 0 Å². The van der Waals surface area contributed by atoms with E-state index >= 15 is 0 Å². The molecule has 10 unspecified atom stereocenters. The Bertz CT molecular complexity index is 1400. The Morgan fingerprint density at radius 2 is 1.12 bits per heavy atom. The van der Waals surface area contributed by atoms with Crippen LogP contribution in [0.15, 0.2) is 23.3 Å². The number of allylic oxidation sites excluding steroid dienone is 2. The van der Waals surface area contributed by atoms with Crippen LogP contribution in [0.25, 0.3) is 0 Å². The van der Waals surface area contributed by atoms with Crippen LogP contribution in [0, 0.1) is 63.1 Å². The molecule has 8 fully saturated rings. The van der Waals surface area contributed by atoms with Crippen LogP contribution in [0.2, 0.25) is 0 Å². The average Bonchev–Trinajstić information content (AvgIpc) is 3.81. The van der Waals surface area contributed by atoms with Gasteiger partial charge in [0.1, 0.15) is 0 Å². The van der Waals surface area contributed by atoms with Gasteiger partial charge in [0.05, 0.1) is 18.1 Å². The van der Waals surface area contributed by atoms with Gasteiger partial charge in [-0.25, -0.2) is 0 Å². The van der Waals surface area contributed by atoms with Gasteiger partial charge in [-0.05, 0) is 211 Å². The van der Waals surface area contributed by atoms with E-state index in [2.05, 4.69) is 26.0 Å². The second kappa shape index (κ2) is 15.4. The summed E-state index contributed by atoms with van der Waals surface area (Å²) in [6.07, 6.45) is 35.5. The van der Waals surface area contributed by atoms with Gasteiger partial charge in [0.25, 0.3) is 0 Å². The Hall–Kier alpha value is -1.21. The van der Waals surface area contributed by atoms with E-state index in [9.17, 15) is 9.90 Å². The normalized spacial score (nSPS) is 49.2. The molecule has 0 aromatic carbocycles. The molecule has 312 valence electrons. The number of carbonyl (C=O) groups is 1. The van der Waals surface area contributed by atoms with E-state index in [0.717, 1.165) is 102 Å². The maximum atomic E-state index is 14.2. The van der Waals surface area contributed by atoms with Crippen LogP contribution in [-0.4, -0.2) is 49.1 Å². The highest BCUT2D eigenvalue weighted by atomic mass is 16.7. The van der Waals surface area contributed by atoms with Crippen LogP contribution in [0.1, 0.15) is 181 Å². The molecule has 2 aliphatic heterocycles. The Morgan fingerprint density at radius 1 is 0.643 bits per heavy atom. The van der Waals surface area contributed by atoms with Crippen LogP contribution in [0.4, 0.5) is 0 Å². The van der Waals surface area contributed by atoms with E-state index in [1.54, 1.807) is 11.1 Å². The Kier molecular flexibility index (Phi) is 10.7. The first-order valence-corrected chi connectivity index (χ1v) is 24.3. The van der Waals surface area contributed by atoms with Crippen molar-refractivity contribution in [3.05, 3.63) is 23.3 Å². The molecule has 6 saturated carbocycles. The van der Waals surface area contributed by atoms with Crippen molar-refractivity contribution < 1.29 is 28.8 Å². The van der Waals surface area contributed by atoms with Gasteiger partial charge >= 0.3 is 5.97 Å². The van der Waals surface area contributed by atoms with E-state index in [1.165, 1.54) is 89.9 Å². The smallest absolute Gasteiger partial charge is 0.306 e. The first-order chi connectivity index (χ1) is 27.2. The third-order valence-electron chi connectivity index (χ3n) is 19.6. The lowest BCUT2D eigenvalue weighted by atomic mass is 9.43. The van der Waals surface area contributed by atoms with Gasteiger partial charge in [0.2, 0.25) is 0 Å². The van der Waals surface area contributed by atoms with Gasteiger partial charge in [-0.2, -0.15) is 0 Å². The maximum Gasteiger partial charge on any atom is 0.306 e. The summed E-state index contributed by atoms with van der Waals surface area (Å²) < 4.78 is 26.2. The lowest BCUT2D eigenvalue weighted by Crippen LogP contribution is -2.55. The third-order valence-corrected chi connectivity index (χ3v) is 19.6. The number of aliphatic carboxylic acids is 1. The zero-order valence-electron chi connectivity index (χ0n) is 35.3. The number of ether oxygens (including phenoxy) is 4. The SMILES string of the molecule is C[C@@]12CCCC1C1CCC3=CCC(OC4CCCCO4)C[C@]3(CC(C[C@]34CC(OC5CCCCO5)CC=C3CCC3C5CCC[C@@]5(C)CCC34)C(=O)O)C1CC2. The van der Waals surface area contributed by atoms with Crippen LogP contribution in [-0.2, 0) is 23.7 Å². The molecular weight excluding hydrogens is 697 g/mol. The molecule has 0 spiro atoms. The molecule has 56 heavy (non-hydrogen) atoms. The molecule has 0 bridgehead atoms. The fourth-order valence-corrected chi connectivity index (χ4v) is 17.2. The third kappa shape index (κ3) is 6.75. The number of rotatable bonds is 9. The summed E-state index contributed by atoms with van der Waals surface area (Å²) in [6.45, 7) is 6.82. The fraction of sp³-hybridized carbons (Fsp3) is 0.900. The van der Waals surface area contributed by atoms with E-state index in [4.69, 9.17) is 18.9 Å². The molecule has 0 aromatic heterocycles. The topological polar surface area (TPSA) is 74.2 Å². The molecule has 6 heteroatoms. The van der Waals surface area contributed by atoms with Crippen molar-refractivity contribution in [3.8, 4) is 0 Å². The number of fused-ring (bicyclic) bond motifs is 10. The largest absolute Gasteiger partial charge is 0.481 e. The van der Waals surface area contributed by atoms with Crippen molar-refractivity contribution in [1.29, 1.82) is 0 Å². The van der Waals surface area contributed by atoms with Crippen LogP contribution in [0.3, 0.4) is 0 Å². The van der Waals surface area contributed by atoms with Gasteiger partial charge in [-0.3, -0.25) is 4.79 Å². The molecule has 0 aromatic rings. The quantitative estimate of drug-likeness (QED) is 0.235. The van der Waals surface area contributed by atoms with Crippen molar-refractivity contribution in [2.24, 2.45) is 63.1 Å². The molecule has 0 radical (unpaired) electrons. The van der Waals surface area contributed by atoms with E-state index < -0.39 is 5.97 Å². The maximum absolute atomic E-state index is 14.2. The van der Waals surface area contributed by atoms with E-state index in [1.807, 2.05) is 0 Å². The van der Waals surface area contributed by atoms with Crippen LogP contribution in [0.5, 0.6) is 0 Å². The molecule has 10 aliphatic rings. The van der Waals surface area contributed by atoms with Gasteiger partial charge in [-0.1, -0.05) is 50.0 Å². The predicted octanol–water partition coefficient (Wildman–Crippen LogP) is 12.0. The molecule has 1 N–H and O–H groups in total. The predicted molar refractivity (Wildman–Crippen MR) is 219 cm³/mol. The second-order valence-corrected chi connectivity index (χ2v) is 22.2. The monoisotopic (exact) mass is 773 g/mol. The fourth-order valence-electron chi connectivity index (χ4n) is 17.2. The zero-order chi connectivity index (χ0) is 38.1. The summed E-state index contributed by atoms with van der Waals surface area (Å²) in [5.74, 6) is 3.21. The van der Waals surface area contributed by atoms with Crippen molar-refractivity contribution in [3.63, 3.8) is 0 Å². The van der Waals surface area contributed by atoms with Crippen molar-refractivity contribution in [2.45, 2.75) is 206 Å². The summed E-state index contributed by atoms with van der Waals surface area (Å²) >= 11 is 0. The molecular formula is C50H76O6. The second-order valence-electron chi connectivity index (χ2n) is 22.2. The average molecular weight is 773 g/mol. The highest BCUT2D eigenvalue weighted by Crippen LogP contribution is 2.70. The Morgan fingerprint density at radius 3 is 1.55 bits per heavy atom. The summed E-state index contributed by atoms with van der Waals surface area (Å²) in [5, 5.41) is 11.7. The van der Waals surface area contributed by atoms with E-state index in [0.29, 0.717) is 34.5 Å². The summed E-state index contributed by atoms with van der Waals surface area (Å²) in [4.78, 5) is 14.2. The number of hydrogen-bond acceptors (Lipinski definition) is 5. The number of carboxylic acid groups (broad SMARTS) is 1. The summed E-state index contributed by atoms with van der Waals surface area (Å²) in [7, 11) is 0. The lowest BCUT2D eigenvalue weighted by molar-refractivity contribution is -0.202. The molecule has 2 saturated heterocycles. The molecule has 2 heterocycles. The minimum Gasteiger partial charge on any atom is -0.481 e. The van der Waals surface area contributed by atoms with Crippen LogP contribution >= 0.6 is 0 Å². The number of hydrogen-bond donors (Lipinski definition) is 1.